The largest absolute Gasteiger partial charge is 0.507 e. The van der Waals surface area contributed by atoms with Gasteiger partial charge in [0.15, 0.2) is 5.13 Å². The van der Waals surface area contributed by atoms with Crippen molar-refractivity contribution in [2.75, 3.05) is 4.90 Å². The first-order chi connectivity index (χ1) is 15.8. The minimum atomic E-state index is -0.922. The standard InChI is InChI=1S/C25H16ClFN2O3S/c1-13-2-11-18-19(12-13)33-25(28-18)29-21(14-3-7-16(26)8-4-14)20(23(31)24(29)32)22(30)15-5-9-17(27)10-6-15/h2-12,21,30H,1H3. The number of nitrogens with zero attached hydrogens (tertiary/aromatic N) is 2. The van der Waals surface area contributed by atoms with Crippen LogP contribution >= 0.6 is 22.9 Å². The highest BCUT2D eigenvalue weighted by Crippen LogP contribution is 2.44. The predicted molar refractivity (Wildman–Crippen MR) is 127 cm³/mol. The third-order valence-corrected chi connectivity index (χ3v) is 6.76. The van der Waals surface area contributed by atoms with Crippen molar-refractivity contribution in [3.63, 3.8) is 0 Å². The van der Waals surface area contributed by atoms with Crippen LogP contribution in [0.4, 0.5) is 9.52 Å². The number of carbonyl (C=O) groups is 2. The Morgan fingerprint density at radius 1 is 1.06 bits per heavy atom. The molecule has 5 rings (SSSR count). The Morgan fingerprint density at radius 2 is 1.76 bits per heavy atom. The van der Waals surface area contributed by atoms with E-state index in [9.17, 15) is 19.1 Å². The fourth-order valence-corrected chi connectivity index (χ4v) is 5.09. The Kier molecular flexibility index (Phi) is 5.23. The van der Waals surface area contributed by atoms with Gasteiger partial charge in [-0.1, -0.05) is 41.1 Å². The molecular formula is C25H16ClFN2O3S. The van der Waals surface area contributed by atoms with E-state index in [1.807, 2.05) is 25.1 Å². The van der Waals surface area contributed by atoms with Crippen molar-refractivity contribution in [2.45, 2.75) is 13.0 Å². The fourth-order valence-electron chi connectivity index (χ4n) is 3.88. The summed E-state index contributed by atoms with van der Waals surface area (Å²) in [7, 11) is 0. The number of anilines is 1. The molecule has 4 aromatic rings. The van der Waals surface area contributed by atoms with Gasteiger partial charge in [0.25, 0.3) is 5.78 Å². The first-order valence-electron chi connectivity index (χ1n) is 10.0. The Labute approximate surface area is 197 Å². The van der Waals surface area contributed by atoms with Crippen molar-refractivity contribution >= 4 is 55.7 Å². The van der Waals surface area contributed by atoms with Crippen LogP contribution in [0, 0.1) is 12.7 Å². The first kappa shape index (κ1) is 21.3. The van der Waals surface area contributed by atoms with Crippen LogP contribution < -0.4 is 4.90 Å². The molecule has 1 N–H and O–H groups in total. The highest BCUT2D eigenvalue weighted by atomic mass is 35.5. The number of rotatable bonds is 3. The number of amides is 1. The summed E-state index contributed by atoms with van der Waals surface area (Å²) >= 11 is 7.34. The van der Waals surface area contributed by atoms with Crippen LogP contribution in [0.1, 0.15) is 22.7 Å². The number of hydrogen-bond acceptors (Lipinski definition) is 5. The zero-order chi connectivity index (χ0) is 23.3. The molecule has 0 saturated carbocycles. The average molecular weight is 479 g/mol. The molecule has 1 atom stereocenters. The summed E-state index contributed by atoms with van der Waals surface area (Å²) in [6, 6.07) is 16.6. The summed E-state index contributed by atoms with van der Waals surface area (Å²) < 4.78 is 14.3. The molecule has 5 nitrogen and oxygen atoms in total. The maximum Gasteiger partial charge on any atom is 0.301 e. The molecule has 3 aromatic carbocycles. The molecule has 0 bridgehead atoms. The number of benzene rings is 3. The maximum absolute atomic E-state index is 13.4. The van der Waals surface area contributed by atoms with E-state index in [4.69, 9.17) is 11.6 Å². The van der Waals surface area contributed by atoms with Crippen LogP contribution in [0.3, 0.4) is 0 Å². The van der Waals surface area contributed by atoms with Crippen molar-refractivity contribution in [1.29, 1.82) is 0 Å². The van der Waals surface area contributed by atoms with Gasteiger partial charge in [-0.25, -0.2) is 9.37 Å². The van der Waals surface area contributed by atoms with Crippen LogP contribution in [0.2, 0.25) is 5.02 Å². The van der Waals surface area contributed by atoms with Crippen molar-refractivity contribution in [1.82, 2.24) is 4.98 Å². The van der Waals surface area contributed by atoms with Crippen LogP contribution in [0.25, 0.3) is 16.0 Å². The van der Waals surface area contributed by atoms with Gasteiger partial charge in [0.2, 0.25) is 0 Å². The summed E-state index contributed by atoms with van der Waals surface area (Å²) in [6.45, 7) is 1.96. The fraction of sp³-hybridized carbons (Fsp3) is 0.0800. The molecule has 2 heterocycles. The second-order valence-corrected chi connectivity index (χ2v) is 9.14. The monoisotopic (exact) mass is 478 g/mol. The van der Waals surface area contributed by atoms with Crippen molar-refractivity contribution in [2.24, 2.45) is 0 Å². The molecule has 1 saturated heterocycles. The number of ketones is 1. The molecule has 1 aromatic heterocycles. The molecule has 33 heavy (non-hydrogen) atoms. The number of aliphatic hydroxyl groups excluding tert-OH is 1. The Balaban J connectivity index is 1.73. The zero-order valence-electron chi connectivity index (χ0n) is 17.3. The van der Waals surface area contributed by atoms with Crippen molar-refractivity contribution in [3.05, 3.63) is 99.8 Å². The van der Waals surface area contributed by atoms with Gasteiger partial charge in [0.05, 0.1) is 21.8 Å². The van der Waals surface area contributed by atoms with E-state index < -0.39 is 23.5 Å². The van der Waals surface area contributed by atoms with Gasteiger partial charge in [0.1, 0.15) is 11.6 Å². The quantitative estimate of drug-likeness (QED) is 0.222. The lowest BCUT2D eigenvalue weighted by atomic mass is 9.95. The molecule has 1 aliphatic heterocycles. The van der Waals surface area contributed by atoms with E-state index in [1.54, 1.807) is 24.3 Å². The minimum Gasteiger partial charge on any atom is -0.507 e. The van der Waals surface area contributed by atoms with Crippen molar-refractivity contribution in [3.8, 4) is 0 Å². The lowest BCUT2D eigenvalue weighted by Gasteiger charge is -2.23. The molecular weight excluding hydrogens is 463 g/mol. The molecule has 1 aliphatic rings. The number of halogens is 2. The van der Waals surface area contributed by atoms with E-state index in [1.165, 1.54) is 40.5 Å². The zero-order valence-corrected chi connectivity index (χ0v) is 18.8. The second kappa shape index (κ2) is 8.10. The summed E-state index contributed by atoms with van der Waals surface area (Å²) in [5, 5.41) is 11.9. The number of Topliss-reactive ketones (excluding diaryl/α,β-unsaturated/α-hetero) is 1. The molecule has 0 spiro atoms. The number of thiazole rings is 1. The number of carbonyl (C=O) groups excluding carboxylic acids is 2. The Morgan fingerprint density at radius 3 is 2.45 bits per heavy atom. The molecule has 0 radical (unpaired) electrons. The lowest BCUT2D eigenvalue weighted by molar-refractivity contribution is -0.132. The van der Waals surface area contributed by atoms with Gasteiger partial charge in [-0.2, -0.15) is 0 Å². The molecule has 1 amide bonds. The Hall–Kier alpha value is -3.55. The van der Waals surface area contributed by atoms with E-state index in [-0.39, 0.29) is 16.9 Å². The van der Waals surface area contributed by atoms with E-state index >= 15 is 0 Å². The third-order valence-electron chi connectivity index (χ3n) is 5.49. The predicted octanol–water partition coefficient (Wildman–Crippen LogP) is 6.02. The van der Waals surface area contributed by atoms with Crippen molar-refractivity contribution < 1.29 is 19.1 Å². The van der Waals surface area contributed by atoms with E-state index in [0.29, 0.717) is 21.2 Å². The van der Waals surface area contributed by atoms with Crippen LogP contribution in [-0.2, 0) is 9.59 Å². The number of aryl methyl sites for hydroxylation is 1. The minimum absolute atomic E-state index is 0.0932. The molecule has 0 aliphatic carbocycles. The van der Waals surface area contributed by atoms with E-state index in [0.717, 1.165) is 10.3 Å². The van der Waals surface area contributed by atoms with Gasteiger partial charge >= 0.3 is 5.91 Å². The molecule has 1 fully saturated rings. The Bertz CT molecular complexity index is 1450. The molecule has 164 valence electrons. The first-order valence-corrected chi connectivity index (χ1v) is 11.2. The molecule has 8 heteroatoms. The summed E-state index contributed by atoms with van der Waals surface area (Å²) in [5.74, 6) is -2.50. The number of aliphatic hydroxyl groups is 1. The van der Waals surface area contributed by atoms with Crippen LogP contribution in [-0.4, -0.2) is 21.8 Å². The van der Waals surface area contributed by atoms with Gasteiger partial charge in [0, 0.05) is 10.6 Å². The molecule has 1 unspecified atom stereocenters. The van der Waals surface area contributed by atoms with Gasteiger partial charge in [-0.15, -0.1) is 0 Å². The second-order valence-electron chi connectivity index (χ2n) is 7.70. The summed E-state index contributed by atoms with van der Waals surface area (Å²) in [4.78, 5) is 32.3. The number of fused-ring (bicyclic) bond motifs is 1. The SMILES string of the molecule is Cc1ccc2nc(N3C(=O)C(=O)C(=C(O)c4ccc(F)cc4)C3c3ccc(Cl)cc3)sc2c1. The highest BCUT2D eigenvalue weighted by Gasteiger charge is 2.48. The maximum atomic E-state index is 13.4. The lowest BCUT2D eigenvalue weighted by Crippen LogP contribution is -2.29. The highest BCUT2D eigenvalue weighted by molar-refractivity contribution is 7.22. The third kappa shape index (κ3) is 3.69. The van der Waals surface area contributed by atoms with Crippen LogP contribution in [0.15, 0.2) is 72.3 Å². The summed E-state index contributed by atoms with van der Waals surface area (Å²) in [6.07, 6.45) is 0. The van der Waals surface area contributed by atoms with E-state index in [2.05, 4.69) is 4.98 Å². The van der Waals surface area contributed by atoms with Gasteiger partial charge < -0.3 is 5.11 Å². The number of aromatic nitrogens is 1. The van der Waals surface area contributed by atoms with Crippen LogP contribution in [0.5, 0.6) is 0 Å². The average Bonchev–Trinajstić information content (AvgIpc) is 3.32. The number of hydrogen-bond donors (Lipinski definition) is 1. The topological polar surface area (TPSA) is 70.5 Å². The van der Waals surface area contributed by atoms with Gasteiger partial charge in [-0.05, 0) is 66.6 Å². The summed E-state index contributed by atoms with van der Waals surface area (Å²) in [5.41, 5.74) is 2.47. The van der Waals surface area contributed by atoms with Gasteiger partial charge in [-0.3, -0.25) is 14.5 Å². The normalized spacial score (nSPS) is 17.8. The smallest absolute Gasteiger partial charge is 0.301 e.